The van der Waals surface area contributed by atoms with Crippen molar-refractivity contribution in [1.29, 1.82) is 0 Å². The molecule has 0 amide bonds. The third-order valence-corrected chi connectivity index (χ3v) is 3.36. The lowest BCUT2D eigenvalue weighted by Crippen LogP contribution is -2.29. The Labute approximate surface area is 91.7 Å². The number of aromatic nitrogens is 1. The second-order valence-electron chi connectivity index (χ2n) is 4.93. The highest BCUT2D eigenvalue weighted by atomic mass is 19.4. The predicted octanol–water partition coefficient (Wildman–Crippen LogP) is 2.68. The van der Waals surface area contributed by atoms with Gasteiger partial charge in [0.2, 0.25) is 0 Å². The van der Waals surface area contributed by atoms with Gasteiger partial charge >= 0.3 is 6.18 Å². The van der Waals surface area contributed by atoms with Gasteiger partial charge in [-0.05, 0) is 17.9 Å². The first-order valence-corrected chi connectivity index (χ1v) is 5.00. The highest BCUT2D eigenvalue weighted by molar-refractivity contribution is 5.39. The van der Waals surface area contributed by atoms with Gasteiger partial charge in [0.15, 0.2) is 0 Å². The van der Waals surface area contributed by atoms with Crippen molar-refractivity contribution in [3.8, 4) is 0 Å². The summed E-state index contributed by atoms with van der Waals surface area (Å²) in [7, 11) is 0. The van der Waals surface area contributed by atoms with E-state index in [0.717, 1.165) is 6.20 Å². The topological polar surface area (TPSA) is 38.9 Å². The van der Waals surface area contributed by atoms with E-state index in [2.05, 4.69) is 4.98 Å². The van der Waals surface area contributed by atoms with Gasteiger partial charge in [0.1, 0.15) is 5.69 Å². The Morgan fingerprint density at radius 2 is 1.94 bits per heavy atom. The second-order valence-corrected chi connectivity index (χ2v) is 4.93. The van der Waals surface area contributed by atoms with E-state index < -0.39 is 17.4 Å². The molecule has 0 aromatic carbocycles. The van der Waals surface area contributed by atoms with E-state index in [4.69, 9.17) is 5.73 Å². The second kappa shape index (κ2) is 2.97. The summed E-state index contributed by atoms with van der Waals surface area (Å²) in [5.41, 5.74) is 4.06. The van der Waals surface area contributed by atoms with E-state index in [1.54, 1.807) is 0 Å². The van der Waals surface area contributed by atoms with Gasteiger partial charge in [0.05, 0.1) is 0 Å². The first kappa shape index (κ1) is 11.4. The predicted molar refractivity (Wildman–Crippen MR) is 53.5 cm³/mol. The molecule has 5 heteroatoms. The Bertz CT molecular complexity index is 425. The number of hydrogen-bond donors (Lipinski definition) is 1. The van der Waals surface area contributed by atoms with Crippen molar-refractivity contribution < 1.29 is 13.2 Å². The molecule has 1 unspecified atom stereocenters. The maximum absolute atomic E-state index is 12.7. The molecule has 1 aromatic heterocycles. The largest absolute Gasteiger partial charge is 0.433 e. The third kappa shape index (κ3) is 1.50. The molecule has 0 radical (unpaired) electrons. The molecule has 1 aromatic rings. The van der Waals surface area contributed by atoms with Gasteiger partial charge in [-0.25, -0.2) is 0 Å². The highest BCUT2D eigenvalue weighted by Crippen LogP contribution is 2.61. The molecule has 2 rings (SSSR count). The van der Waals surface area contributed by atoms with Crippen LogP contribution in [0.25, 0.3) is 0 Å². The lowest BCUT2D eigenvalue weighted by atomic mass is 9.95. The van der Waals surface area contributed by atoms with E-state index in [-0.39, 0.29) is 11.0 Å². The standard InChI is InChI=1S/C11H13F3N2/c1-9(2)6-10(9,15)7-4-3-5-16-8(7)11(12,13)14/h3-5H,6,15H2,1-2H3. The number of alkyl halides is 3. The Morgan fingerprint density at radius 1 is 1.38 bits per heavy atom. The average molecular weight is 230 g/mol. The zero-order valence-corrected chi connectivity index (χ0v) is 9.10. The molecule has 2 N–H and O–H groups in total. The number of pyridine rings is 1. The van der Waals surface area contributed by atoms with Crippen molar-refractivity contribution in [2.45, 2.75) is 32.0 Å². The Balaban J connectivity index is 2.52. The van der Waals surface area contributed by atoms with E-state index in [1.165, 1.54) is 12.1 Å². The van der Waals surface area contributed by atoms with Crippen LogP contribution in [0.15, 0.2) is 18.3 Å². The molecule has 0 saturated heterocycles. The van der Waals surface area contributed by atoms with E-state index in [0.29, 0.717) is 6.42 Å². The fourth-order valence-corrected chi connectivity index (χ4v) is 2.10. The summed E-state index contributed by atoms with van der Waals surface area (Å²) < 4.78 is 38.2. The summed E-state index contributed by atoms with van der Waals surface area (Å²) in [5.74, 6) is 0. The molecule has 1 aliphatic rings. The summed E-state index contributed by atoms with van der Waals surface area (Å²) in [6, 6.07) is 2.91. The zero-order valence-electron chi connectivity index (χ0n) is 9.10. The molecular weight excluding hydrogens is 217 g/mol. The first-order chi connectivity index (χ1) is 7.18. The van der Waals surface area contributed by atoms with Crippen molar-refractivity contribution in [1.82, 2.24) is 4.98 Å². The minimum atomic E-state index is -4.44. The van der Waals surface area contributed by atoms with Gasteiger partial charge in [0.25, 0.3) is 0 Å². The molecule has 1 aliphatic carbocycles. The molecule has 0 aliphatic heterocycles. The van der Waals surface area contributed by atoms with Crippen molar-refractivity contribution in [2.24, 2.45) is 11.1 Å². The number of rotatable bonds is 1. The van der Waals surface area contributed by atoms with Crippen LogP contribution in [0.3, 0.4) is 0 Å². The van der Waals surface area contributed by atoms with Crippen molar-refractivity contribution >= 4 is 0 Å². The van der Waals surface area contributed by atoms with Gasteiger partial charge < -0.3 is 5.73 Å². The molecule has 1 atom stereocenters. The molecule has 0 bridgehead atoms. The fraction of sp³-hybridized carbons (Fsp3) is 0.545. The molecule has 2 nitrogen and oxygen atoms in total. The Kier molecular flexibility index (Phi) is 2.11. The number of nitrogens with two attached hydrogens (primary N) is 1. The summed E-state index contributed by atoms with van der Waals surface area (Å²) in [5, 5.41) is 0. The van der Waals surface area contributed by atoms with E-state index >= 15 is 0 Å². The lowest BCUT2D eigenvalue weighted by molar-refractivity contribution is -0.142. The number of hydrogen-bond acceptors (Lipinski definition) is 2. The van der Waals surface area contributed by atoms with Crippen LogP contribution >= 0.6 is 0 Å². The van der Waals surface area contributed by atoms with E-state index in [9.17, 15) is 13.2 Å². The SMILES string of the molecule is CC1(C)CC1(N)c1cccnc1C(F)(F)F. The maximum atomic E-state index is 12.7. The molecule has 1 saturated carbocycles. The quantitative estimate of drug-likeness (QED) is 0.805. The Morgan fingerprint density at radius 3 is 2.38 bits per heavy atom. The van der Waals surface area contributed by atoms with Gasteiger partial charge in [-0.3, -0.25) is 4.98 Å². The minimum Gasteiger partial charge on any atom is -0.321 e. The summed E-state index contributed by atoms with van der Waals surface area (Å²) >= 11 is 0. The van der Waals surface area contributed by atoms with Gasteiger partial charge in [-0.1, -0.05) is 19.9 Å². The minimum absolute atomic E-state index is 0.104. The molecular formula is C11H13F3N2. The average Bonchev–Trinajstić information content (AvgIpc) is 2.66. The summed E-state index contributed by atoms with van der Waals surface area (Å²) in [6.45, 7) is 3.72. The normalized spacial score (nSPS) is 27.9. The van der Waals surface area contributed by atoms with E-state index in [1.807, 2.05) is 13.8 Å². The van der Waals surface area contributed by atoms with Gasteiger partial charge in [-0.15, -0.1) is 0 Å². The summed E-state index contributed by atoms with van der Waals surface area (Å²) in [6.07, 6.45) is -2.75. The zero-order chi connectivity index (χ0) is 12.2. The van der Waals surface area contributed by atoms with Crippen LogP contribution in [0.2, 0.25) is 0 Å². The van der Waals surface area contributed by atoms with Crippen LogP contribution in [-0.4, -0.2) is 4.98 Å². The maximum Gasteiger partial charge on any atom is 0.433 e. The van der Waals surface area contributed by atoms with Crippen molar-refractivity contribution in [2.75, 3.05) is 0 Å². The van der Waals surface area contributed by atoms with Crippen LogP contribution in [-0.2, 0) is 11.7 Å². The molecule has 1 heterocycles. The van der Waals surface area contributed by atoms with Crippen LogP contribution in [0.4, 0.5) is 13.2 Å². The lowest BCUT2D eigenvalue weighted by Gasteiger charge is -2.19. The molecule has 1 fully saturated rings. The van der Waals surface area contributed by atoms with Crippen molar-refractivity contribution in [3.63, 3.8) is 0 Å². The molecule has 16 heavy (non-hydrogen) atoms. The summed E-state index contributed by atoms with van der Waals surface area (Å²) in [4.78, 5) is 3.42. The molecule has 0 spiro atoms. The van der Waals surface area contributed by atoms with Crippen molar-refractivity contribution in [3.05, 3.63) is 29.6 Å². The van der Waals surface area contributed by atoms with Crippen LogP contribution < -0.4 is 5.73 Å². The monoisotopic (exact) mass is 230 g/mol. The van der Waals surface area contributed by atoms with Crippen LogP contribution in [0, 0.1) is 5.41 Å². The fourth-order valence-electron chi connectivity index (χ4n) is 2.10. The van der Waals surface area contributed by atoms with Gasteiger partial charge in [0, 0.05) is 17.3 Å². The van der Waals surface area contributed by atoms with Crippen LogP contribution in [0.5, 0.6) is 0 Å². The third-order valence-electron chi connectivity index (χ3n) is 3.36. The Hall–Kier alpha value is -1.10. The van der Waals surface area contributed by atoms with Crippen LogP contribution in [0.1, 0.15) is 31.5 Å². The molecule has 88 valence electrons. The number of halogens is 3. The first-order valence-electron chi connectivity index (χ1n) is 5.00. The smallest absolute Gasteiger partial charge is 0.321 e. The number of nitrogens with zero attached hydrogens (tertiary/aromatic N) is 1. The highest BCUT2D eigenvalue weighted by Gasteiger charge is 2.61. The van der Waals surface area contributed by atoms with Gasteiger partial charge in [-0.2, -0.15) is 13.2 Å².